The van der Waals surface area contributed by atoms with Gasteiger partial charge >= 0.3 is 0 Å². The van der Waals surface area contributed by atoms with Crippen molar-refractivity contribution in [3.05, 3.63) is 65.0 Å². The molecule has 0 aliphatic heterocycles. The molecule has 0 spiro atoms. The molecule has 1 aliphatic rings. The van der Waals surface area contributed by atoms with Gasteiger partial charge in [0, 0.05) is 17.3 Å². The van der Waals surface area contributed by atoms with Crippen LogP contribution in [0.15, 0.2) is 42.5 Å². The number of nitrogens with zero attached hydrogens (tertiary/aromatic N) is 1. The molecule has 86 valence electrons. The Balaban J connectivity index is 2.06. The molecule has 0 N–H and O–H groups in total. The van der Waals surface area contributed by atoms with Crippen LogP contribution in [-0.2, 0) is 6.42 Å². The summed E-state index contributed by atoms with van der Waals surface area (Å²) in [5.74, 6) is 0.500. The fourth-order valence-corrected chi connectivity index (χ4v) is 2.82. The fraction of sp³-hybridized carbons (Fsp3) is 0.312. The summed E-state index contributed by atoms with van der Waals surface area (Å²) in [6.45, 7) is 2.07. The summed E-state index contributed by atoms with van der Waals surface area (Å²) in [4.78, 5) is 4.70. The average Bonchev–Trinajstić information content (AvgIpc) is 2.38. The third-order valence-corrected chi connectivity index (χ3v) is 3.64. The number of hydrogen-bond acceptors (Lipinski definition) is 1. The highest BCUT2D eigenvalue weighted by Gasteiger charge is 2.22. The molecule has 0 radical (unpaired) electrons. The summed E-state index contributed by atoms with van der Waals surface area (Å²) >= 11 is 0. The van der Waals surface area contributed by atoms with Gasteiger partial charge in [0.25, 0.3) is 0 Å². The van der Waals surface area contributed by atoms with Gasteiger partial charge in [0.15, 0.2) is 0 Å². The Kier molecular flexibility index (Phi) is 2.68. The van der Waals surface area contributed by atoms with Crippen LogP contribution in [0.25, 0.3) is 0 Å². The van der Waals surface area contributed by atoms with E-state index in [1.165, 1.54) is 36.1 Å². The van der Waals surface area contributed by atoms with Gasteiger partial charge in [-0.25, -0.2) is 0 Å². The van der Waals surface area contributed by atoms with Crippen LogP contribution in [-0.4, -0.2) is 4.98 Å². The number of benzene rings is 1. The molecular weight excluding hydrogens is 206 g/mol. The molecule has 1 aromatic carbocycles. The van der Waals surface area contributed by atoms with Gasteiger partial charge in [-0.3, -0.25) is 4.98 Å². The summed E-state index contributed by atoms with van der Waals surface area (Å²) in [5, 5.41) is 0. The van der Waals surface area contributed by atoms with E-state index in [0.29, 0.717) is 5.92 Å². The number of aryl methyl sites for hydroxylation is 2. The molecule has 1 aromatic heterocycles. The SMILES string of the molecule is Cc1cccc([C@H]2CCCc3ccccc32)n1. The first kappa shape index (κ1) is 10.5. The third kappa shape index (κ3) is 1.97. The number of aromatic nitrogens is 1. The fourth-order valence-electron chi connectivity index (χ4n) is 2.82. The van der Waals surface area contributed by atoms with Crippen molar-refractivity contribution in [3.63, 3.8) is 0 Å². The second kappa shape index (κ2) is 4.33. The zero-order valence-corrected chi connectivity index (χ0v) is 10.2. The second-order valence-corrected chi connectivity index (χ2v) is 4.85. The van der Waals surface area contributed by atoms with Crippen LogP contribution in [0.1, 0.15) is 41.3 Å². The van der Waals surface area contributed by atoms with E-state index in [0.717, 1.165) is 5.69 Å². The average molecular weight is 223 g/mol. The smallest absolute Gasteiger partial charge is 0.0481 e. The minimum absolute atomic E-state index is 0.500. The monoisotopic (exact) mass is 223 g/mol. The van der Waals surface area contributed by atoms with Gasteiger partial charge in [-0.1, -0.05) is 30.3 Å². The Bertz CT molecular complexity index is 531. The maximum Gasteiger partial charge on any atom is 0.0481 e. The van der Waals surface area contributed by atoms with Crippen LogP contribution < -0.4 is 0 Å². The van der Waals surface area contributed by atoms with Crippen molar-refractivity contribution >= 4 is 0 Å². The van der Waals surface area contributed by atoms with E-state index < -0.39 is 0 Å². The molecule has 0 amide bonds. The Morgan fingerprint density at radius 2 is 1.94 bits per heavy atom. The lowest BCUT2D eigenvalue weighted by atomic mass is 9.81. The number of pyridine rings is 1. The summed E-state index contributed by atoms with van der Waals surface area (Å²) in [6.07, 6.45) is 3.73. The molecule has 17 heavy (non-hydrogen) atoms. The van der Waals surface area contributed by atoms with E-state index in [9.17, 15) is 0 Å². The van der Waals surface area contributed by atoms with Gasteiger partial charge in [0.2, 0.25) is 0 Å². The Hall–Kier alpha value is -1.63. The molecular formula is C16H17N. The summed E-state index contributed by atoms with van der Waals surface area (Å²) in [5.41, 5.74) is 5.34. The van der Waals surface area contributed by atoms with Gasteiger partial charge in [-0.2, -0.15) is 0 Å². The van der Waals surface area contributed by atoms with Crippen LogP contribution in [0.5, 0.6) is 0 Å². The highest BCUT2D eigenvalue weighted by molar-refractivity contribution is 5.37. The molecule has 3 rings (SSSR count). The van der Waals surface area contributed by atoms with Gasteiger partial charge in [0.1, 0.15) is 0 Å². The number of fused-ring (bicyclic) bond motifs is 1. The molecule has 1 heteroatoms. The number of rotatable bonds is 1. The second-order valence-electron chi connectivity index (χ2n) is 4.85. The third-order valence-electron chi connectivity index (χ3n) is 3.64. The minimum Gasteiger partial charge on any atom is -0.258 e. The van der Waals surface area contributed by atoms with E-state index >= 15 is 0 Å². The molecule has 0 saturated carbocycles. The molecule has 0 saturated heterocycles. The standard InChI is InChI=1S/C16H17N/c1-12-6-4-11-16(17-12)15-10-5-8-13-7-2-3-9-14(13)15/h2-4,6-7,9,11,15H,5,8,10H2,1H3/t15-/m0/s1. The lowest BCUT2D eigenvalue weighted by Crippen LogP contribution is -2.12. The molecule has 1 nitrogen and oxygen atoms in total. The first-order chi connectivity index (χ1) is 8.34. The van der Waals surface area contributed by atoms with Gasteiger partial charge in [-0.15, -0.1) is 0 Å². The van der Waals surface area contributed by atoms with E-state index in [2.05, 4.69) is 49.4 Å². The maximum absolute atomic E-state index is 4.70. The van der Waals surface area contributed by atoms with Crippen molar-refractivity contribution < 1.29 is 0 Å². The van der Waals surface area contributed by atoms with Crippen molar-refractivity contribution in [2.24, 2.45) is 0 Å². The highest BCUT2D eigenvalue weighted by atomic mass is 14.7. The minimum atomic E-state index is 0.500. The van der Waals surface area contributed by atoms with Crippen LogP contribution in [0.2, 0.25) is 0 Å². The lowest BCUT2D eigenvalue weighted by molar-refractivity contribution is 0.603. The van der Waals surface area contributed by atoms with Crippen LogP contribution in [0.3, 0.4) is 0 Å². The van der Waals surface area contributed by atoms with Crippen molar-refractivity contribution in [2.45, 2.75) is 32.1 Å². The quantitative estimate of drug-likeness (QED) is 0.715. The predicted molar refractivity (Wildman–Crippen MR) is 70.2 cm³/mol. The molecule has 0 bridgehead atoms. The van der Waals surface area contributed by atoms with Crippen molar-refractivity contribution in [2.75, 3.05) is 0 Å². The summed E-state index contributed by atoms with van der Waals surface area (Å²) < 4.78 is 0. The van der Waals surface area contributed by atoms with E-state index in [-0.39, 0.29) is 0 Å². The zero-order valence-electron chi connectivity index (χ0n) is 10.2. The van der Waals surface area contributed by atoms with Crippen molar-refractivity contribution in [3.8, 4) is 0 Å². The van der Waals surface area contributed by atoms with E-state index in [1.54, 1.807) is 0 Å². The Morgan fingerprint density at radius 3 is 2.82 bits per heavy atom. The van der Waals surface area contributed by atoms with Crippen LogP contribution in [0.4, 0.5) is 0 Å². The summed E-state index contributed by atoms with van der Waals surface area (Å²) in [7, 11) is 0. The molecule has 0 unspecified atom stereocenters. The topological polar surface area (TPSA) is 12.9 Å². The van der Waals surface area contributed by atoms with E-state index in [4.69, 9.17) is 4.98 Å². The molecule has 1 aliphatic carbocycles. The Morgan fingerprint density at radius 1 is 1.06 bits per heavy atom. The van der Waals surface area contributed by atoms with Crippen LogP contribution in [0, 0.1) is 6.92 Å². The zero-order chi connectivity index (χ0) is 11.7. The van der Waals surface area contributed by atoms with Crippen LogP contribution >= 0.6 is 0 Å². The molecule has 2 aromatic rings. The van der Waals surface area contributed by atoms with Crippen molar-refractivity contribution in [1.82, 2.24) is 4.98 Å². The number of hydrogen-bond donors (Lipinski definition) is 0. The predicted octanol–water partition coefficient (Wildman–Crippen LogP) is 3.86. The van der Waals surface area contributed by atoms with Gasteiger partial charge in [0.05, 0.1) is 0 Å². The molecule has 1 atom stereocenters. The largest absolute Gasteiger partial charge is 0.258 e. The highest BCUT2D eigenvalue weighted by Crippen LogP contribution is 2.35. The first-order valence-corrected chi connectivity index (χ1v) is 6.36. The maximum atomic E-state index is 4.70. The molecule has 1 heterocycles. The van der Waals surface area contributed by atoms with E-state index in [1.807, 2.05) is 0 Å². The lowest BCUT2D eigenvalue weighted by Gasteiger charge is -2.25. The summed E-state index contributed by atoms with van der Waals surface area (Å²) in [6, 6.07) is 15.2. The first-order valence-electron chi connectivity index (χ1n) is 6.36. The normalized spacial score (nSPS) is 18.8. The molecule has 0 fully saturated rings. The van der Waals surface area contributed by atoms with Gasteiger partial charge in [-0.05, 0) is 49.4 Å². The van der Waals surface area contributed by atoms with Gasteiger partial charge < -0.3 is 0 Å². The Labute approximate surface area is 103 Å². The van der Waals surface area contributed by atoms with Crippen molar-refractivity contribution in [1.29, 1.82) is 0 Å².